The lowest BCUT2D eigenvalue weighted by Crippen LogP contribution is -2.50. The van der Waals surface area contributed by atoms with E-state index in [2.05, 4.69) is 31.4 Å². The fraction of sp³-hybridized carbons (Fsp3) is 1.00. The fourth-order valence-corrected chi connectivity index (χ4v) is 3.97. The number of ether oxygens (including phenoxy) is 1. The van der Waals surface area contributed by atoms with Crippen LogP contribution in [0.5, 0.6) is 0 Å². The summed E-state index contributed by atoms with van der Waals surface area (Å²) in [5.74, 6) is 1.05. The van der Waals surface area contributed by atoms with Gasteiger partial charge in [-0.3, -0.25) is 4.90 Å². The maximum absolute atomic E-state index is 5.81. The summed E-state index contributed by atoms with van der Waals surface area (Å²) >= 11 is 4.64. The van der Waals surface area contributed by atoms with Crippen LogP contribution in [0.2, 0.25) is 0 Å². The van der Waals surface area contributed by atoms with E-state index in [1.165, 1.54) is 38.6 Å². The van der Waals surface area contributed by atoms with Gasteiger partial charge in [0.25, 0.3) is 0 Å². The molecule has 2 atom stereocenters. The smallest absolute Gasteiger partial charge is 0.0678 e. The van der Waals surface area contributed by atoms with Crippen molar-refractivity contribution in [2.24, 2.45) is 5.41 Å². The van der Waals surface area contributed by atoms with Gasteiger partial charge in [-0.1, -0.05) is 19.3 Å². The highest BCUT2D eigenvalue weighted by Gasteiger charge is 2.34. The summed E-state index contributed by atoms with van der Waals surface area (Å²) in [4.78, 5) is 2.61. The predicted molar refractivity (Wildman–Crippen MR) is 75.8 cm³/mol. The SMILES string of the molecule is C[C@@H]1CN(CC2(CS)CCCCC2)C[C@H](C)O1. The minimum atomic E-state index is 0.388. The molecule has 0 unspecified atom stereocenters. The van der Waals surface area contributed by atoms with Crippen LogP contribution < -0.4 is 0 Å². The Kier molecular flexibility index (Phi) is 4.79. The number of rotatable bonds is 3. The van der Waals surface area contributed by atoms with Gasteiger partial charge in [0, 0.05) is 19.6 Å². The second-order valence-electron chi connectivity index (χ2n) is 6.17. The van der Waals surface area contributed by atoms with Crippen LogP contribution in [0.1, 0.15) is 46.0 Å². The van der Waals surface area contributed by atoms with Gasteiger partial charge in [-0.15, -0.1) is 0 Å². The first-order valence-electron chi connectivity index (χ1n) is 7.12. The van der Waals surface area contributed by atoms with Gasteiger partial charge < -0.3 is 4.74 Å². The van der Waals surface area contributed by atoms with Gasteiger partial charge in [-0.2, -0.15) is 12.6 Å². The summed E-state index contributed by atoms with van der Waals surface area (Å²) in [5, 5.41) is 0. The molecule has 0 aromatic carbocycles. The highest BCUT2D eigenvalue weighted by molar-refractivity contribution is 7.80. The lowest BCUT2D eigenvalue weighted by atomic mass is 9.75. The van der Waals surface area contributed by atoms with Crippen molar-refractivity contribution in [2.45, 2.75) is 58.2 Å². The Morgan fingerprint density at radius 2 is 1.71 bits per heavy atom. The van der Waals surface area contributed by atoms with Crippen LogP contribution in [-0.4, -0.2) is 42.5 Å². The standard InChI is InChI=1S/C14H27NOS/c1-12-8-15(9-13(2)16-12)10-14(11-17)6-4-3-5-7-14/h12-13,17H,3-11H2,1-2H3/t12-,13+. The van der Waals surface area contributed by atoms with Crippen molar-refractivity contribution in [3.8, 4) is 0 Å². The molecule has 0 aromatic heterocycles. The van der Waals surface area contributed by atoms with Crippen molar-refractivity contribution in [3.63, 3.8) is 0 Å². The zero-order valence-electron chi connectivity index (χ0n) is 11.3. The molecule has 2 nitrogen and oxygen atoms in total. The topological polar surface area (TPSA) is 12.5 Å². The van der Waals surface area contributed by atoms with Gasteiger partial charge >= 0.3 is 0 Å². The van der Waals surface area contributed by atoms with E-state index in [0.29, 0.717) is 17.6 Å². The first kappa shape index (κ1) is 13.7. The van der Waals surface area contributed by atoms with Crippen LogP contribution in [0.4, 0.5) is 0 Å². The largest absolute Gasteiger partial charge is 0.373 e. The molecule has 3 heteroatoms. The van der Waals surface area contributed by atoms with Crippen molar-refractivity contribution in [1.29, 1.82) is 0 Å². The maximum atomic E-state index is 5.81. The second kappa shape index (κ2) is 5.94. The average molecular weight is 257 g/mol. The Morgan fingerprint density at radius 3 is 2.24 bits per heavy atom. The predicted octanol–water partition coefficient (Wildman–Crippen LogP) is 2.98. The third kappa shape index (κ3) is 3.62. The van der Waals surface area contributed by atoms with Crippen LogP contribution in [-0.2, 0) is 4.74 Å². The van der Waals surface area contributed by atoms with Crippen molar-refractivity contribution in [3.05, 3.63) is 0 Å². The summed E-state index contributed by atoms with van der Waals surface area (Å²) < 4.78 is 5.81. The van der Waals surface area contributed by atoms with Crippen molar-refractivity contribution < 1.29 is 4.74 Å². The molecule has 0 bridgehead atoms. The van der Waals surface area contributed by atoms with Crippen molar-refractivity contribution in [2.75, 3.05) is 25.4 Å². The molecule has 1 aliphatic heterocycles. The Balaban J connectivity index is 1.93. The zero-order chi connectivity index (χ0) is 12.3. The zero-order valence-corrected chi connectivity index (χ0v) is 12.2. The molecule has 0 N–H and O–H groups in total. The van der Waals surface area contributed by atoms with Crippen molar-refractivity contribution in [1.82, 2.24) is 4.90 Å². The third-order valence-corrected chi connectivity index (χ3v) is 4.97. The molecule has 17 heavy (non-hydrogen) atoms. The number of thiol groups is 1. The molecule has 0 spiro atoms. The molecule has 0 aromatic rings. The minimum Gasteiger partial charge on any atom is -0.373 e. The molecule has 1 aliphatic carbocycles. The molecular weight excluding hydrogens is 230 g/mol. The highest BCUT2D eigenvalue weighted by Crippen LogP contribution is 2.38. The first-order valence-corrected chi connectivity index (χ1v) is 7.75. The molecule has 1 saturated heterocycles. The lowest BCUT2D eigenvalue weighted by molar-refractivity contribution is -0.0785. The summed E-state index contributed by atoms with van der Waals surface area (Å²) in [6, 6.07) is 0. The van der Waals surface area contributed by atoms with E-state index in [1.54, 1.807) is 0 Å². The molecule has 1 saturated carbocycles. The molecule has 2 fully saturated rings. The summed E-state index contributed by atoms with van der Waals surface area (Å²) in [6.07, 6.45) is 7.74. The number of morpholine rings is 1. The van der Waals surface area contributed by atoms with Gasteiger partial charge in [0.2, 0.25) is 0 Å². The summed E-state index contributed by atoms with van der Waals surface area (Å²) in [5.41, 5.74) is 0.484. The van der Waals surface area contributed by atoms with Gasteiger partial charge in [0.05, 0.1) is 12.2 Å². The van der Waals surface area contributed by atoms with Gasteiger partial charge in [-0.25, -0.2) is 0 Å². The number of hydrogen-bond donors (Lipinski definition) is 1. The first-order chi connectivity index (χ1) is 8.13. The maximum Gasteiger partial charge on any atom is 0.0678 e. The van der Waals surface area contributed by atoms with Crippen molar-refractivity contribution >= 4 is 12.6 Å². The van der Waals surface area contributed by atoms with E-state index in [1.807, 2.05) is 0 Å². The van der Waals surface area contributed by atoms with Crippen LogP contribution >= 0.6 is 12.6 Å². The Morgan fingerprint density at radius 1 is 1.12 bits per heavy atom. The normalized spacial score (nSPS) is 34.8. The van der Waals surface area contributed by atoms with E-state index < -0.39 is 0 Å². The lowest BCUT2D eigenvalue weighted by Gasteiger charge is -2.44. The van der Waals surface area contributed by atoms with Gasteiger partial charge in [0.1, 0.15) is 0 Å². The summed E-state index contributed by atoms with van der Waals surface area (Å²) in [7, 11) is 0. The Labute approximate surface area is 112 Å². The second-order valence-corrected chi connectivity index (χ2v) is 6.49. The monoisotopic (exact) mass is 257 g/mol. The number of hydrogen-bond acceptors (Lipinski definition) is 3. The molecule has 2 rings (SSSR count). The van der Waals surface area contributed by atoms with E-state index >= 15 is 0 Å². The van der Waals surface area contributed by atoms with Crippen LogP contribution in [0.3, 0.4) is 0 Å². The van der Waals surface area contributed by atoms with Crippen LogP contribution in [0.25, 0.3) is 0 Å². The van der Waals surface area contributed by atoms with Gasteiger partial charge in [0.15, 0.2) is 0 Å². The van der Waals surface area contributed by atoms with Crippen LogP contribution in [0, 0.1) is 5.41 Å². The molecule has 0 amide bonds. The molecular formula is C14H27NOS. The average Bonchev–Trinajstić information content (AvgIpc) is 2.29. The van der Waals surface area contributed by atoms with Gasteiger partial charge in [-0.05, 0) is 37.9 Å². The molecule has 2 aliphatic rings. The Hall–Kier alpha value is 0.270. The minimum absolute atomic E-state index is 0.388. The fourth-order valence-electron chi connectivity index (χ4n) is 3.56. The molecule has 100 valence electrons. The number of nitrogens with zero attached hydrogens (tertiary/aromatic N) is 1. The van der Waals surface area contributed by atoms with E-state index in [9.17, 15) is 0 Å². The van der Waals surface area contributed by atoms with E-state index in [4.69, 9.17) is 4.74 Å². The third-order valence-electron chi connectivity index (χ3n) is 4.30. The highest BCUT2D eigenvalue weighted by atomic mass is 32.1. The Bertz CT molecular complexity index is 230. The van der Waals surface area contributed by atoms with Crippen LogP contribution in [0.15, 0.2) is 0 Å². The van der Waals surface area contributed by atoms with E-state index in [0.717, 1.165) is 18.8 Å². The molecule has 1 heterocycles. The molecule has 0 radical (unpaired) electrons. The van der Waals surface area contributed by atoms with E-state index in [-0.39, 0.29) is 0 Å². The quantitative estimate of drug-likeness (QED) is 0.780. The summed E-state index contributed by atoms with van der Waals surface area (Å²) in [6.45, 7) is 7.81.